The van der Waals surface area contributed by atoms with E-state index >= 15 is 0 Å². The van der Waals surface area contributed by atoms with Crippen molar-refractivity contribution in [1.82, 2.24) is 10.6 Å². The van der Waals surface area contributed by atoms with E-state index in [1.165, 1.54) is 6.42 Å². The molecule has 1 rings (SSSR count). The Hall–Kier alpha value is -1.26. The van der Waals surface area contributed by atoms with Crippen LogP contribution in [0.5, 0.6) is 0 Å². The van der Waals surface area contributed by atoms with Crippen LogP contribution in [-0.2, 0) is 4.79 Å². The van der Waals surface area contributed by atoms with Crippen LogP contribution in [0.15, 0.2) is 0 Å². The first-order valence-corrected chi connectivity index (χ1v) is 7.34. The lowest BCUT2D eigenvalue weighted by atomic mass is 9.73. The van der Waals surface area contributed by atoms with E-state index in [1.54, 1.807) is 20.8 Å². The Morgan fingerprint density at radius 3 is 2.30 bits per heavy atom. The predicted octanol–water partition coefficient (Wildman–Crippen LogP) is 2.75. The second kappa shape index (κ2) is 6.02. The summed E-state index contributed by atoms with van der Waals surface area (Å²) >= 11 is 0. The molecule has 3 N–H and O–H groups in total. The Balaban J connectivity index is 2.64. The average Bonchev–Trinajstić information content (AvgIpc) is 2.27. The summed E-state index contributed by atoms with van der Waals surface area (Å²) in [5, 5.41) is 14.8. The Labute approximate surface area is 121 Å². The standard InChI is InChI=1S/C15H28N2O3/c1-14(2,3)11(12(18)19)17-13(20)16-10-8-6-7-9-15(10,4)5/h10-11H,6-9H2,1-5H3,(H,18,19)(H2,16,17,20)/t10?,11-/m1/s1. The van der Waals surface area contributed by atoms with Gasteiger partial charge in [0.05, 0.1) is 0 Å². The monoisotopic (exact) mass is 284 g/mol. The van der Waals surface area contributed by atoms with E-state index in [1.807, 2.05) is 0 Å². The molecule has 0 aromatic rings. The third kappa shape index (κ3) is 4.39. The highest BCUT2D eigenvalue weighted by Crippen LogP contribution is 2.35. The van der Waals surface area contributed by atoms with Crippen molar-refractivity contribution in [1.29, 1.82) is 0 Å². The third-order valence-electron chi connectivity index (χ3n) is 4.20. The molecule has 0 saturated heterocycles. The number of rotatable bonds is 3. The fourth-order valence-corrected chi connectivity index (χ4v) is 2.74. The molecule has 1 aliphatic rings. The van der Waals surface area contributed by atoms with Gasteiger partial charge in [-0.1, -0.05) is 47.5 Å². The smallest absolute Gasteiger partial charge is 0.326 e. The molecule has 0 spiro atoms. The summed E-state index contributed by atoms with van der Waals surface area (Å²) in [5.41, 5.74) is -0.457. The molecular formula is C15H28N2O3. The van der Waals surface area contributed by atoms with Gasteiger partial charge in [0.25, 0.3) is 0 Å². The molecule has 0 heterocycles. The summed E-state index contributed by atoms with van der Waals surface area (Å²) in [4.78, 5) is 23.3. The molecule has 2 atom stereocenters. The maximum atomic E-state index is 12.1. The first kappa shape index (κ1) is 16.8. The highest BCUT2D eigenvalue weighted by molar-refractivity contribution is 5.83. The third-order valence-corrected chi connectivity index (χ3v) is 4.20. The zero-order valence-corrected chi connectivity index (χ0v) is 13.2. The van der Waals surface area contributed by atoms with Crippen molar-refractivity contribution in [3.8, 4) is 0 Å². The van der Waals surface area contributed by atoms with Crippen LogP contribution >= 0.6 is 0 Å². The summed E-state index contributed by atoms with van der Waals surface area (Å²) < 4.78 is 0. The van der Waals surface area contributed by atoms with Gasteiger partial charge >= 0.3 is 12.0 Å². The molecule has 0 aromatic heterocycles. The van der Waals surface area contributed by atoms with Crippen molar-refractivity contribution in [2.75, 3.05) is 0 Å². The number of hydrogen-bond donors (Lipinski definition) is 3. The van der Waals surface area contributed by atoms with Gasteiger partial charge in [-0.15, -0.1) is 0 Å². The van der Waals surface area contributed by atoms with Crippen molar-refractivity contribution in [2.24, 2.45) is 10.8 Å². The second-order valence-electron chi connectivity index (χ2n) is 7.54. The minimum Gasteiger partial charge on any atom is -0.480 e. The highest BCUT2D eigenvalue weighted by atomic mass is 16.4. The van der Waals surface area contributed by atoms with Gasteiger partial charge < -0.3 is 15.7 Å². The van der Waals surface area contributed by atoms with Crippen LogP contribution in [0.2, 0.25) is 0 Å². The normalized spacial score (nSPS) is 23.8. The lowest BCUT2D eigenvalue weighted by Gasteiger charge is -2.39. The summed E-state index contributed by atoms with van der Waals surface area (Å²) in [6, 6.07) is -1.17. The lowest BCUT2D eigenvalue weighted by Crippen LogP contribution is -2.56. The molecule has 5 nitrogen and oxygen atoms in total. The first-order valence-electron chi connectivity index (χ1n) is 7.34. The predicted molar refractivity (Wildman–Crippen MR) is 78.6 cm³/mol. The Morgan fingerprint density at radius 2 is 1.85 bits per heavy atom. The van der Waals surface area contributed by atoms with Gasteiger partial charge in [-0.05, 0) is 23.7 Å². The van der Waals surface area contributed by atoms with Crippen molar-refractivity contribution in [3.05, 3.63) is 0 Å². The van der Waals surface area contributed by atoms with E-state index < -0.39 is 17.4 Å². The van der Waals surface area contributed by atoms with Crippen LogP contribution in [-0.4, -0.2) is 29.2 Å². The van der Waals surface area contributed by atoms with Crippen LogP contribution in [0, 0.1) is 10.8 Å². The quantitative estimate of drug-likeness (QED) is 0.745. The maximum Gasteiger partial charge on any atom is 0.326 e. The molecule has 1 saturated carbocycles. The van der Waals surface area contributed by atoms with E-state index in [0.29, 0.717) is 0 Å². The Morgan fingerprint density at radius 1 is 1.25 bits per heavy atom. The second-order valence-corrected chi connectivity index (χ2v) is 7.54. The van der Waals surface area contributed by atoms with Crippen LogP contribution in [0.25, 0.3) is 0 Å². The zero-order valence-electron chi connectivity index (χ0n) is 13.2. The minimum absolute atomic E-state index is 0.0655. The fraction of sp³-hybridized carbons (Fsp3) is 0.867. The number of carboxylic acids is 1. The Kier molecular flexibility index (Phi) is 5.05. The molecule has 20 heavy (non-hydrogen) atoms. The molecule has 0 aliphatic heterocycles. The molecule has 0 bridgehead atoms. The maximum absolute atomic E-state index is 12.1. The zero-order chi connectivity index (χ0) is 15.6. The van der Waals surface area contributed by atoms with Gasteiger partial charge in [-0.3, -0.25) is 0 Å². The number of nitrogens with one attached hydrogen (secondary N) is 2. The number of urea groups is 1. The highest BCUT2D eigenvalue weighted by Gasteiger charge is 2.36. The topological polar surface area (TPSA) is 78.4 Å². The number of hydrogen-bond acceptors (Lipinski definition) is 2. The molecule has 0 aromatic carbocycles. The molecule has 5 heteroatoms. The summed E-state index contributed by atoms with van der Waals surface area (Å²) in [5.74, 6) is -1.00. The molecule has 1 aliphatic carbocycles. The van der Waals surface area contributed by atoms with Crippen molar-refractivity contribution >= 4 is 12.0 Å². The average molecular weight is 284 g/mol. The Bertz CT molecular complexity index is 372. The summed E-state index contributed by atoms with van der Waals surface area (Å²) in [6.45, 7) is 9.70. The van der Waals surface area contributed by atoms with Gasteiger partial charge in [0.2, 0.25) is 0 Å². The number of amides is 2. The summed E-state index contributed by atoms with van der Waals surface area (Å²) in [7, 11) is 0. The number of carbonyl (C=O) groups is 2. The van der Waals surface area contributed by atoms with Crippen LogP contribution in [0.1, 0.15) is 60.3 Å². The van der Waals surface area contributed by atoms with Gasteiger partial charge in [0, 0.05) is 6.04 Å². The van der Waals surface area contributed by atoms with E-state index in [2.05, 4.69) is 24.5 Å². The van der Waals surface area contributed by atoms with Crippen molar-refractivity contribution < 1.29 is 14.7 Å². The molecule has 1 unspecified atom stereocenters. The fourth-order valence-electron chi connectivity index (χ4n) is 2.74. The van der Waals surface area contributed by atoms with Crippen LogP contribution in [0.4, 0.5) is 4.79 Å². The van der Waals surface area contributed by atoms with Crippen molar-refractivity contribution in [2.45, 2.75) is 72.4 Å². The van der Waals surface area contributed by atoms with Gasteiger partial charge in [-0.2, -0.15) is 0 Å². The van der Waals surface area contributed by atoms with Gasteiger partial charge in [0.1, 0.15) is 6.04 Å². The number of carboxylic acid groups (broad SMARTS) is 1. The van der Waals surface area contributed by atoms with Crippen LogP contribution in [0.3, 0.4) is 0 Å². The van der Waals surface area contributed by atoms with E-state index in [0.717, 1.165) is 19.3 Å². The van der Waals surface area contributed by atoms with Gasteiger partial charge in [-0.25, -0.2) is 9.59 Å². The first-order chi connectivity index (χ1) is 9.04. The SMILES string of the molecule is CC1(C)CCCCC1NC(=O)N[C@H](C(=O)O)C(C)(C)C. The molecule has 2 amide bonds. The lowest BCUT2D eigenvalue weighted by molar-refractivity contribution is -0.141. The van der Waals surface area contributed by atoms with E-state index in [-0.39, 0.29) is 17.5 Å². The van der Waals surface area contributed by atoms with Crippen LogP contribution < -0.4 is 10.6 Å². The number of carbonyl (C=O) groups excluding carboxylic acids is 1. The largest absolute Gasteiger partial charge is 0.480 e. The van der Waals surface area contributed by atoms with E-state index in [4.69, 9.17) is 0 Å². The number of aliphatic carboxylic acids is 1. The molecule has 1 fully saturated rings. The molecule has 0 radical (unpaired) electrons. The van der Waals surface area contributed by atoms with Crippen molar-refractivity contribution in [3.63, 3.8) is 0 Å². The van der Waals surface area contributed by atoms with E-state index in [9.17, 15) is 14.7 Å². The van der Waals surface area contributed by atoms with Gasteiger partial charge in [0.15, 0.2) is 0 Å². The minimum atomic E-state index is -1.00. The molecular weight excluding hydrogens is 256 g/mol. The summed E-state index contributed by atoms with van der Waals surface area (Å²) in [6.07, 6.45) is 4.33. The molecule has 116 valence electrons.